The molecule has 10 heteroatoms. The normalized spacial score (nSPS) is 21.7. The van der Waals surface area contributed by atoms with Gasteiger partial charge in [-0.05, 0) is 47.0 Å². The minimum Gasteiger partial charge on any atom is -0.491 e. The predicted octanol–water partition coefficient (Wildman–Crippen LogP) is 2.11. The van der Waals surface area contributed by atoms with Crippen LogP contribution in [0.4, 0.5) is 10.5 Å². The van der Waals surface area contributed by atoms with E-state index in [1.807, 2.05) is 51.6 Å². The third kappa shape index (κ3) is 8.10. The number of hydrogen-bond acceptors (Lipinski definition) is 6. The molecule has 1 aromatic rings. The van der Waals surface area contributed by atoms with Crippen molar-refractivity contribution in [3.05, 3.63) is 23.8 Å². The molecule has 0 bridgehead atoms. The van der Waals surface area contributed by atoms with Gasteiger partial charge in [0, 0.05) is 51.0 Å². The minimum atomic E-state index is -0.345. The molecule has 2 rings (SSSR count). The van der Waals surface area contributed by atoms with E-state index in [0.29, 0.717) is 30.1 Å². The summed E-state index contributed by atoms with van der Waals surface area (Å²) in [7, 11) is 7.06. The maximum atomic E-state index is 13.3. The summed E-state index contributed by atoms with van der Waals surface area (Å²) in [4.78, 5) is 43.8. The average molecular weight is 492 g/mol. The first-order valence-electron chi connectivity index (χ1n) is 12.0. The number of fused-ring (bicyclic) bond motifs is 1. The number of rotatable bonds is 5. The first-order valence-corrected chi connectivity index (χ1v) is 12.0. The van der Waals surface area contributed by atoms with E-state index < -0.39 is 0 Å². The van der Waals surface area contributed by atoms with Gasteiger partial charge in [0.15, 0.2) is 0 Å². The Hall–Kier alpha value is -2.85. The molecular weight excluding hydrogens is 450 g/mol. The lowest BCUT2D eigenvalue weighted by Crippen LogP contribution is -2.50. The Morgan fingerprint density at radius 2 is 1.91 bits per heavy atom. The van der Waals surface area contributed by atoms with Crippen LogP contribution in [0.5, 0.6) is 5.75 Å². The van der Waals surface area contributed by atoms with Crippen LogP contribution >= 0.6 is 0 Å². The van der Waals surface area contributed by atoms with Crippen LogP contribution in [0.25, 0.3) is 0 Å². The van der Waals surface area contributed by atoms with Crippen LogP contribution in [-0.4, -0.2) is 105 Å². The number of methoxy groups -OCH3 is 1. The van der Waals surface area contributed by atoms with Crippen LogP contribution in [0.2, 0.25) is 0 Å². The molecule has 0 aromatic heterocycles. The van der Waals surface area contributed by atoms with Gasteiger partial charge in [0.1, 0.15) is 12.4 Å². The van der Waals surface area contributed by atoms with E-state index in [0.717, 1.165) is 0 Å². The van der Waals surface area contributed by atoms with Crippen LogP contribution in [-0.2, 0) is 9.53 Å². The molecule has 10 nitrogen and oxygen atoms in total. The summed E-state index contributed by atoms with van der Waals surface area (Å²) in [6, 6.07) is 4.35. The topological polar surface area (TPSA) is 103 Å². The van der Waals surface area contributed by atoms with E-state index in [1.165, 1.54) is 0 Å². The summed E-state index contributed by atoms with van der Waals surface area (Å²) >= 11 is 0. The van der Waals surface area contributed by atoms with Crippen molar-refractivity contribution in [2.75, 3.05) is 59.8 Å². The molecule has 0 fully saturated rings. The van der Waals surface area contributed by atoms with Crippen LogP contribution in [0.3, 0.4) is 0 Å². The maximum Gasteiger partial charge on any atom is 0.319 e. The van der Waals surface area contributed by atoms with Crippen LogP contribution in [0.15, 0.2) is 18.2 Å². The third-order valence-electron chi connectivity index (χ3n) is 5.90. The molecular formula is C25H41N5O5. The second-order valence-electron chi connectivity index (χ2n) is 9.85. The monoisotopic (exact) mass is 491 g/mol. The summed E-state index contributed by atoms with van der Waals surface area (Å²) < 4.78 is 11.8. The van der Waals surface area contributed by atoms with Crippen molar-refractivity contribution in [2.24, 2.45) is 5.92 Å². The highest BCUT2D eigenvalue weighted by Gasteiger charge is 2.30. The first-order chi connectivity index (χ1) is 16.4. The Bertz CT molecular complexity index is 891. The SMILES string of the molecule is CO[C@@H]1CN(C)C(=O)c2ccc(NC(=O)NC(C)C)cc2OC[C@@H](C)N(C(=O)CN(C)C)C[C@H]1C. The van der Waals surface area contributed by atoms with Crippen molar-refractivity contribution >= 4 is 23.5 Å². The fourth-order valence-corrected chi connectivity index (χ4v) is 3.99. The molecule has 3 atom stereocenters. The largest absolute Gasteiger partial charge is 0.491 e. The summed E-state index contributed by atoms with van der Waals surface area (Å²) in [5.41, 5.74) is 0.879. The van der Waals surface area contributed by atoms with Gasteiger partial charge in [-0.2, -0.15) is 0 Å². The molecule has 196 valence electrons. The molecule has 4 amide bonds. The fourth-order valence-electron chi connectivity index (χ4n) is 3.99. The van der Waals surface area contributed by atoms with Crippen LogP contribution < -0.4 is 15.4 Å². The van der Waals surface area contributed by atoms with E-state index in [9.17, 15) is 14.4 Å². The van der Waals surface area contributed by atoms with Crippen LogP contribution in [0.1, 0.15) is 38.1 Å². The second kappa shape index (κ2) is 12.7. The Morgan fingerprint density at radius 1 is 1.23 bits per heavy atom. The molecule has 0 spiro atoms. The Kier molecular flexibility index (Phi) is 10.3. The summed E-state index contributed by atoms with van der Waals surface area (Å²) in [6.45, 7) is 9.00. The van der Waals surface area contributed by atoms with Gasteiger partial charge in [-0.25, -0.2) is 4.79 Å². The molecule has 0 saturated carbocycles. The highest BCUT2D eigenvalue weighted by atomic mass is 16.5. The summed E-state index contributed by atoms with van der Waals surface area (Å²) in [6.07, 6.45) is -0.254. The molecule has 1 aliphatic heterocycles. The Morgan fingerprint density at radius 3 is 2.51 bits per heavy atom. The smallest absolute Gasteiger partial charge is 0.319 e. The number of amides is 4. The average Bonchev–Trinajstić information content (AvgIpc) is 2.76. The molecule has 35 heavy (non-hydrogen) atoms. The number of anilines is 1. The van der Waals surface area contributed by atoms with E-state index in [-0.39, 0.29) is 55.1 Å². The Balaban J connectivity index is 2.42. The van der Waals surface area contributed by atoms with Crippen molar-refractivity contribution in [3.63, 3.8) is 0 Å². The second-order valence-corrected chi connectivity index (χ2v) is 9.85. The van der Waals surface area contributed by atoms with Crippen LogP contribution in [0, 0.1) is 5.92 Å². The molecule has 0 radical (unpaired) electrons. The van der Waals surface area contributed by atoms with E-state index in [2.05, 4.69) is 10.6 Å². The number of nitrogens with zero attached hydrogens (tertiary/aromatic N) is 3. The number of ether oxygens (including phenoxy) is 2. The summed E-state index contributed by atoms with van der Waals surface area (Å²) in [5.74, 6) is 0.129. The molecule has 2 N–H and O–H groups in total. The quantitative estimate of drug-likeness (QED) is 0.654. The number of benzene rings is 1. The van der Waals surface area contributed by atoms with Gasteiger partial charge in [-0.15, -0.1) is 0 Å². The van der Waals surface area contributed by atoms with Crippen molar-refractivity contribution in [3.8, 4) is 5.75 Å². The van der Waals surface area contributed by atoms with Crippen molar-refractivity contribution in [2.45, 2.75) is 45.9 Å². The standard InChI is InChI=1S/C25H41N5O5/c1-16(2)26-25(33)27-19-9-10-20-21(11-19)35-15-18(4)30(23(31)14-28(5)6)12-17(3)22(34-8)13-29(7)24(20)32/h9-11,16-18,22H,12-15H2,1-8H3,(H2,26,27,33)/t17-,18-,22-/m1/s1. The molecule has 1 aliphatic rings. The zero-order valence-electron chi connectivity index (χ0n) is 22.3. The van der Waals surface area contributed by atoms with Gasteiger partial charge in [-0.3, -0.25) is 9.59 Å². The van der Waals surface area contributed by atoms with Crippen molar-refractivity contribution in [1.82, 2.24) is 20.0 Å². The van der Waals surface area contributed by atoms with Crippen molar-refractivity contribution in [1.29, 1.82) is 0 Å². The summed E-state index contributed by atoms with van der Waals surface area (Å²) in [5, 5.41) is 5.54. The number of hydrogen-bond donors (Lipinski definition) is 2. The number of nitrogens with one attached hydrogen (secondary N) is 2. The lowest BCUT2D eigenvalue weighted by molar-refractivity contribution is -0.136. The molecule has 1 aromatic carbocycles. The number of likely N-dealkylation sites (N-methyl/N-ethyl adjacent to an activating group) is 2. The molecule has 0 saturated heterocycles. The van der Waals surface area contributed by atoms with Gasteiger partial charge >= 0.3 is 6.03 Å². The fraction of sp³-hybridized carbons (Fsp3) is 0.640. The predicted molar refractivity (Wildman–Crippen MR) is 136 cm³/mol. The van der Waals surface area contributed by atoms with Crippen molar-refractivity contribution < 1.29 is 23.9 Å². The van der Waals surface area contributed by atoms with Gasteiger partial charge < -0.3 is 34.8 Å². The number of urea groups is 1. The maximum absolute atomic E-state index is 13.3. The van der Waals surface area contributed by atoms with E-state index in [4.69, 9.17) is 9.47 Å². The first kappa shape index (κ1) is 28.4. The zero-order valence-corrected chi connectivity index (χ0v) is 22.3. The third-order valence-corrected chi connectivity index (χ3v) is 5.90. The van der Waals surface area contributed by atoms with Gasteiger partial charge in [-0.1, -0.05) is 6.92 Å². The number of carbonyl (C=O) groups is 3. The number of carbonyl (C=O) groups excluding carboxylic acids is 3. The minimum absolute atomic E-state index is 0.00436. The molecule has 0 unspecified atom stereocenters. The zero-order chi connectivity index (χ0) is 26.3. The lowest BCUT2D eigenvalue weighted by Gasteiger charge is -2.36. The van der Waals surface area contributed by atoms with Gasteiger partial charge in [0.2, 0.25) is 5.91 Å². The Labute approximate surface area is 208 Å². The lowest BCUT2D eigenvalue weighted by atomic mass is 10.0. The van der Waals surface area contributed by atoms with Gasteiger partial charge in [0.05, 0.1) is 24.3 Å². The molecule has 0 aliphatic carbocycles. The molecule has 1 heterocycles. The van der Waals surface area contributed by atoms with E-state index in [1.54, 1.807) is 37.3 Å². The van der Waals surface area contributed by atoms with E-state index >= 15 is 0 Å². The van der Waals surface area contributed by atoms with Gasteiger partial charge in [0.25, 0.3) is 5.91 Å². The highest BCUT2D eigenvalue weighted by molar-refractivity contribution is 5.98. The highest BCUT2D eigenvalue weighted by Crippen LogP contribution is 2.27.